The van der Waals surface area contributed by atoms with Gasteiger partial charge in [0.25, 0.3) is 0 Å². The smallest absolute Gasteiger partial charge is 0.197 e. The molecule has 4 heteroatoms. The Balaban J connectivity index is 2.94. The molecule has 17 heavy (non-hydrogen) atoms. The number of nitrogens with one attached hydrogen (secondary N) is 1. The monoisotopic (exact) mass is 233 g/mol. The van der Waals surface area contributed by atoms with Gasteiger partial charge < -0.3 is 5.32 Å². The van der Waals surface area contributed by atoms with E-state index >= 15 is 0 Å². The topological polar surface area (TPSA) is 54.4 Å². The lowest BCUT2D eigenvalue weighted by Gasteiger charge is -2.10. The van der Waals surface area contributed by atoms with Crippen LogP contribution in [-0.2, 0) is 4.79 Å². The number of hydrogen-bond donors (Lipinski definition) is 1. The van der Waals surface area contributed by atoms with Crippen LogP contribution in [0, 0.1) is 13.8 Å². The van der Waals surface area contributed by atoms with E-state index in [1.807, 2.05) is 39.8 Å². The number of nitrogens with zero attached hydrogens (tertiary/aromatic N) is 2. The molecule has 0 aliphatic rings. The fourth-order valence-electron chi connectivity index (χ4n) is 1.47. The van der Waals surface area contributed by atoms with Crippen molar-refractivity contribution in [2.24, 2.45) is 4.99 Å². The first-order valence-corrected chi connectivity index (χ1v) is 5.87. The zero-order valence-electron chi connectivity index (χ0n) is 10.9. The summed E-state index contributed by atoms with van der Waals surface area (Å²) in [5.74, 6) is 0.440. The molecule has 0 amide bonds. The van der Waals surface area contributed by atoms with Gasteiger partial charge in [-0.15, -0.1) is 0 Å². The number of anilines is 1. The minimum atomic E-state index is 0.0202. The number of amidine groups is 1. The van der Waals surface area contributed by atoms with Crippen LogP contribution in [0.4, 0.5) is 5.69 Å². The number of aryl methyl sites for hydroxylation is 2. The Morgan fingerprint density at radius 2 is 2.06 bits per heavy atom. The summed E-state index contributed by atoms with van der Waals surface area (Å²) in [7, 11) is 0. The second-order valence-corrected chi connectivity index (χ2v) is 3.81. The summed E-state index contributed by atoms with van der Waals surface area (Å²) in [6, 6.07) is 3.83. The van der Waals surface area contributed by atoms with Gasteiger partial charge in [0.15, 0.2) is 11.6 Å². The molecule has 92 valence electrons. The fraction of sp³-hybridized carbons (Fsp3) is 0.462. The van der Waals surface area contributed by atoms with Crippen molar-refractivity contribution in [1.82, 2.24) is 4.98 Å². The molecule has 1 heterocycles. The van der Waals surface area contributed by atoms with E-state index in [1.165, 1.54) is 0 Å². The van der Waals surface area contributed by atoms with E-state index < -0.39 is 0 Å². The highest BCUT2D eigenvalue weighted by Crippen LogP contribution is 2.13. The predicted octanol–water partition coefficient (Wildman–Crippen LogP) is 2.51. The van der Waals surface area contributed by atoms with Gasteiger partial charge in [-0.2, -0.15) is 0 Å². The number of rotatable bonds is 4. The number of carbonyl (C=O) groups is 1. The molecule has 1 N–H and O–H groups in total. The van der Waals surface area contributed by atoms with Gasteiger partial charge in [-0.1, -0.05) is 6.92 Å². The summed E-state index contributed by atoms with van der Waals surface area (Å²) in [4.78, 5) is 20.2. The first kappa shape index (κ1) is 13.4. The normalized spacial score (nSPS) is 11.4. The van der Waals surface area contributed by atoms with Crippen LogP contribution >= 0.6 is 0 Å². The van der Waals surface area contributed by atoms with Crippen molar-refractivity contribution >= 4 is 17.3 Å². The van der Waals surface area contributed by atoms with Gasteiger partial charge in [0, 0.05) is 18.7 Å². The molecule has 0 atom stereocenters. The second kappa shape index (κ2) is 6.13. The van der Waals surface area contributed by atoms with Gasteiger partial charge >= 0.3 is 0 Å². The Morgan fingerprint density at radius 1 is 1.35 bits per heavy atom. The molecule has 1 aromatic heterocycles. The summed E-state index contributed by atoms with van der Waals surface area (Å²) < 4.78 is 0. The molecule has 0 unspecified atom stereocenters. The number of ketones is 1. The minimum absolute atomic E-state index is 0.0202. The van der Waals surface area contributed by atoms with Crippen LogP contribution in [0.1, 0.15) is 31.7 Å². The van der Waals surface area contributed by atoms with E-state index in [9.17, 15) is 4.79 Å². The summed E-state index contributed by atoms with van der Waals surface area (Å²) in [5.41, 5.74) is 2.67. The van der Waals surface area contributed by atoms with Crippen molar-refractivity contribution in [3.05, 3.63) is 23.5 Å². The molecule has 0 saturated carbocycles. The fourth-order valence-corrected chi connectivity index (χ4v) is 1.47. The number of aliphatic imine (C=N–C) groups is 1. The number of Topliss-reactive ketones (excluding diaryl/α,β-unsaturated/α-hetero) is 1. The van der Waals surface area contributed by atoms with Crippen molar-refractivity contribution in [3.63, 3.8) is 0 Å². The first-order valence-electron chi connectivity index (χ1n) is 5.87. The summed E-state index contributed by atoms with van der Waals surface area (Å²) in [6.07, 6.45) is 0.449. The van der Waals surface area contributed by atoms with Gasteiger partial charge in [-0.3, -0.25) is 14.8 Å². The second-order valence-electron chi connectivity index (χ2n) is 3.81. The lowest BCUT2D eigenvalue weighted by Crippen LogP contribution is -2.23. The molecule has 0 aliphatic heterocycles. The maximum absolute atomic E-state index is 11.7. The molecule has 1 rings (SSSR count). The van der Waals surface area contributed by atoms with Crippen molar-refractivity contribution in [3.8, 4) is 0 Å². The summed E-state index contributed by atoms with van der Waals surface area (Å²) in [5, 5.41) is 3.06. The third kappa shape index (κ3) is 3.66. The molecule has 0 saturated heterocycles. The van der Waals surface area contributed by atoms with E-state index in [0.29, 0.717) is 18.8 Å². The molecule has 0 fully saturated rings. The van der Waals surface area contributed by atoms with Crippen LogP contribution in [0.15, 0.2) is 17.1 Å². The summed E-state index contributed by atoms with van der Waals surface area (Å²) >= 11 is 0. The van der Waals surface area contributed by atoms with Gasteiger partial charge in [0.1, 0.15) is 0 Å². The average molecular weight is 233 g/mol. The Labute approximate surface area is 102 Å². The molecular weight excluding hydrogens is 214 g/mol. The lowest BCUT2D eigenvalue weighted by atomic mass is 10.2. The lowest BCUT2D eigenvalue weighted by molar-refractivity contribution is -0.112. The molecule has 0 aromatic carbocycles. The molecule has 0 aliphatic carbocycles. The van der Waals surface area contributed by atoms with Crippen LogP contribution in [0.25, 0.3) is 0 Å². The van der Waals surface area contributed by atoms with Crippen LogP contribution in [0.2, 0.25) is 0 Å². The van der Waals surface area contributed by atoms with Crippen LogP contribution in [0.5, 0.6) is 0 Å². The molecule has 4 nitrogen and oxygen atoms in total. The molecular formula is C13H19N3O. The third-order valence-electron chi connectivity index (χ3n) is 2.38. The minimum Gasteiger partial charge on any atom is -0.336 e. The summed E-state index contributed by atoms with van der Waals surface area (Å²) in [6.45, 7) is 8.18. The Bertz CT molecular complexity index is 438. The SMILES string of the molecule is CCN=C(Nc1ccc(C)nc1C)C(=O)CC. The van der Waals surface area contributed by atoms with Crippen molar-refractivity contribution in [2.75, 3.05) is 11.9 Å². The number of pyridine rings is 1. The predicted molar refractivity (Wildman–Crippen MR) is 70.6 cm³/mol. The van der Waals surface area contributed by atoms with Crippen molar-refractivity contribution in [2.45, 2.75) is 34.1 Å². The maximum atomic E-state index is 11.7. The van der Waals surface area contributed by atoms with Crippen LogP contribution in [-0.4, -0.2) is 23.1 Å². The first-order chi connectivity index (χ1) is 8.08. The Morgan fingerprint density at radius 3 is 2.59 bits per heavy atom. The highest BCUT2D eigenvalue weighted by molar-refractivity contribution is 6.43. The van der Waals surface area contributed by atoms with E-state index in [4.69, 9.17) is 0 Å². The average Bonchev–Trinajstić information content (AvgIpc) is 2.30. The highest BCUT2D eigenvalue weighted by atomic mass is 16.1. The molecule has 0 bridgehead atoms. The quantitative estimate of drug-likeness (QED) is 0.642. The van der Waals surface area contributed by atoms with Crippen LogP contribution in [0.3, 0.4) is 0 Å². The Hall–Kier alpha value is -1.71. The molecule has 0 spiro atoms. The van der Waals surface area contributed by atoms with Gasteiger partial charge in [0.05, 0.1) is 11.4 Å². The largest absolute Gasteiger partial charge is 0.336 e. The van der Waals surface area contributed by atoms with Crippen LogP contribution < -0.4 is 5.32 Å². The number of aromatic nitrogens is 1. The Kier molecular flexibility index (Phi) is 4.82. The van der Waals surface area contributed by atoms with Gasteiger partial charge in [-0.05, 0) is 32.9 Å². The zero-order chi connectivity index (χ0) is 12.8. The highest BCUT2D eigenvalue weighted by Gasteiger charge is 2.10. The van der Waals surface area contributed by atoms with Crippen molar-refractivity contribution < 1.29 is 4.79 Å². The number of carbonyl (C=O) groups excluding carboxylic acids is 1. The van der Waals surface area contributed by atoms with Gasteiger partial charge in [0.2, 0.25) is 0 Å². The van der Waals surface area contributed by atoms with Gasteiger partial charge in [-0.25, -0.2) is 0 Å². The van der Waals surface area contributed by atoms with E-state index in [0.717, 1.165) is 17.1 Å². The molecule has 1 aromatic rings. The number of hydrogen-bond acceptors (Lipinski definition) is 3. The van der Waals surface area contributed by atoms with E-state index in [1.54, 1.807) is 0 Å². The van der Waals surface area contributed by atoms with E-state index in [2.05, 4.69) is 15.3 Å². The van der Waals surface area contributed by atoms with Crippen molar-refractivity contribution in [1.29, 1.82) is 0 Å². The standard InChI is InChI=1S/C13H19N3O/c1-5-12(17)13(14-6-2)16-11-8-7-9(3)15-10(11)4/h7-8H,5-6H2,1-4H3,(H,14,16). The zero-order valence-corrected chi connectivity index (χ0v) is 10.9. The van der Waals surface area contributed by atoms with E-state index in [-0.39, 0.29) is 5.78 Å². The third-order valence-corrected chi connectivity index (χ3v) is 2.38. The molecule has 0 radical (unpaired) electrons. The maximum Gasteiger partial charge on any atom is 0.197 e.